The maximum Gasteiger partial charge on any atom is 0.232 e. The van der Waals surface area contributed by atoms with Crippen LogP contribution in [-0.4, -0.2) is 28.7 Å². The van der Waals surface area contributed by atoms with Crippen LogP contribution in [0.5, 0.6) is 0 Å². The number of pyridine rings is 2. The highest BCUT2D eigenvalue weighted by Crippen LogP contribution is 2.33. The summed E-state index contributed by atoms with van der Waals surface area (Å²) < 4.78 is 22.1. The van der Waals surface area contributed by atoms with Crippen molar-refractivity contribution in [3.63, 3.8) is 0 Å². The molecule has 0 spiro atoms. The van der Waals surface area contributed by atoms with Crippen molar-refractivity contribution in [2.75, 3.05) is 0 Å². The molecular formula is C24H25N5O2S. The average Bonchev–Trinajstić information content (AvgIpc) is 3.24. The highest BCUT2D eigenvalue weighted by molar-refractivity contribution is 7.77. The lowest BCUT2D eigenvalue weighted by molar-refractivity contribution is 0.548. The second-order valence-electron chi connectivity index (χ2n) is 7.87. The van der Waals surface area contributed by atoms with E-state index in [1.165, 1.54) is 0 Å². The van der Waals surface area contributed by atoms with Crippen molar-refractivity contribution >= 4 is 11.3 Å². The SMILES string of the molecule is Cc1cccc(-c2[nH]c(C(C)C)nc2-c2cccc(-c3ccc(CNS(=O)O)cn3)c2)n1. The molecule has 1 atom stereocenters. The minimum absolute atomic E-state index is 0.256. The van der Waals surface area contributed by atoms with Gasteiger partial charge in [0.05, 0.1) is 22.8 Å². The Hall–Kier alpha value is -3.20. The molecule has 0 bridgehead atoms. The predicted octanol–water partition coefficient (Wildman–Crippen LogP) is 4.86. The predicted molar refractivity (Wildman–Crippen MR) is 127 cm³/mol. The Bertz CT molecular complexity index is 1250. The lowest BCUT2D eigenvalue weighted by Crippen LogP contribution is -2.15. The summed E-state index contributed by atoms with van der Waals surface area (Å²) >= 11 is -2.05. The number of benzene rings is 1. The fourth-order valence-corrected chi connectivity index (χ4v) is 3.70. The Morgan fingerprint density at radius 3 is 2.50 bits per heavy atom. The number of imidazole rings is 1. The molecule has 0 aliphatic carbocycles. The van der Waals surface area contributed by atoms with E-state index >= 15 is 0 Å². The van der Waals surface area contributed by atoms with Crippen molar-refractivity contribution in [1.82, 2.24) is 24.7 Å². The number of aryl methyl sites for hydroxylation is 1. The molecule has 3 aromatic heterocycles. The first-order valence-electron chi connectivity index (χ1n) is 10.3. The highest BCUT2D eigenvalue weighted by atomic mass is 32.2. The number of nitrogens with one attached hydrogen (secondary N) is 2. The van der Waals surface area contributed by atoms with E-state index in [9.17, 15) is 4.21 Å². The van der Waals surface area contributed by atoms with Gasteiger partial charge >= 0.3 is 0 Å². The van der Waals surface area contributed by atoms with Gasteiger partial charge in [0.1, 0.15) is 5.82 Å². The van der Waals surface area contributed by atoms with Gasteiger partial charge in [-0.3, -0.25) is 14.5 Å². The summed E-state index contributed by atoms with van der Waals surface area (Å²) in [5.41, 5.74) is 7.16. The van der Waals surface area contributed by atoms with E-state index in [0.29, 0.717) is 0 Å². The zero-order chi connectivity index (χ0) is 22.7. The summed E-state index contributed by atoms with van der Waals surface area (Å²) in [5, 5.41) is 0. The smallest absolute Gasteiger partial charge is 0.232 e. The Kier molecular flexibility index (Phi) is 6.55. The molecular weight excluding hydrogens is 422 g/mol. The van der Waals surface area contributed by atoms with E-state index in [-0.39, 0.29) is 12.5 Å². The van der Waals surface area contributed by atoms with Crippen LogP contribution in [0.25, 0.3) is 33.9 Å². The van der Waals surface area contributed by atoms with Gasteiger partial charge in [0.25, 0.3) is 0 Å². The van der Waals surface area contributed by atoms with Gasteiger partial charge in [-0.1, -0.05) is 44.2 Å². The number of hydrogen-bond acceptors (Lipinski definition) is 4. The van der Waals surface area contributed by atoms with Crippen LogP contribution in [0, 0.1) is 6.92 Å². The largest absolute Gasteiger partial charge is 0.340 e. The quantitative estimate of drug-likeness (QED) is 0.351. The Morgan fingerprint density at radius 1 is 1.03 bits per heavy atom. The summed E-state index contributed by atoms with van der Waals surface area (Å²) in [7, 11) is 0. The lowest BCUT2D eigenvalue weighted by atomic mass is 10.0. The van der Waals surface area contributed by atoms with Crippen molar-refractivity contribution in [3.8, 4) is 33.9 Å². The molecule has 0 saturated carbocycles. The third kappa shape index (κ3) is 4.99. The molecule has 3 N–H and O–H groups in total. The molecule has 3 heterocycles. The summed E-state index contributed by atoms with van der Waals surface area (Å²) in [6.07, 6.45) is 1.70. The van der Waals surface area contributed by atoms with E-state index < -0.39 is 11.3 Å². The van der Waals surface area contributed by atoms with Gasteiger partial charge in [-0.05, 0) is 36.8 Å². The van der Waals surface area contributed by atoms with Gasteiger partial charge in [0.2, 0.25) is 11.3 Å². The average molecular weight is 448 g/mol. The molecule has 164 valence electrons. The van der Waals surface area contributed by atoms with E-state index in [1.807, 2.05) is 55.5 Å². The summed E-state index contributed by atoms with van der Waals surface area (Å²) in [4.78, 5) is 17.6. The lowest BCUT2D eigenvalue weighted by Gasteiger charge is -2.07. The van der Waals surface area contributed by atoms with Gasteiger partial charge in [0, 0.05) is 35.5 Å². The van der Waals surface area contributed by atoms with Crippen molar-refractivity contribution < 1.29 is 8.76 Å². The van der Waals surface area contributed by atoms with Crippen molar-refractivity contribution in [2.24, 2.45) is 0 Å². The molecule has 0 radical (unpaired) electrons. The fraction of sp³-hybridized carbons (Fsp3) is 0.208. The maximum atomic E-state index is 10.8. The van der Waals surface area contributed by atoms with Crippen molar-refractivity contribution in [2.45, 2.75) is 33.2 Å². The molecule has 8 heteroatoms. The Balaban J connectivity index is 1.71. The molecule has 1 unspecified atom stereocenters. The van der Waals surface area contributed by atoms with Crippen LogP contribution in [-0.2, 0) is 17.8 Å². The maximum absolute atomic E-state index is 10.8. The van der Waals surface area contributed by atoms with Crippen LogP contribution < -0.4 is 4.72 Å². The van der Waals surface area contributed by atoms with Crippen molar-refractivity contribution in [3.05, 3.63) is 77.9 Å². The first kappa shape index (κ1) is 22.0. The number of rotatable bonds is 7. The van der Waals surface area contributed by atoms with Crippen LogP contribution in [0.4, 0.5) is 0 Å². The molecule has 1 aromatic carbocycles. The van der Waals surface area contributed by atoms with E-state index in [4.69, 9.17) is 14.5 Å². The minimum atomic E-state index is -2.05. The summed E-state index contributed by atoms with van der Waals surface area (Å²) in [6, 6.07) is 17.9. The molecule has 4 rings (SSSR count). The molecule has 32 heavy (non-hydrogen) atoms. The fourth-order valence-electron chi connectivity index (χ4n) is 3.41. The van der Waals surface area contributed by atoms with Crippen LogP contribution in [0.3, 0.4) is 0 Å². The second kappa shape index (κ2) is 9.52. The topological polar surface area (TPSA) is 104 Å². The van der Waals surface area contributed by atoms with Crippen LogP contribution in [0.2, 0.25) is 0 Å². The third-order valence-electron chi connectivity index (χ3n) is 5.07. The third-order valence-corrected chi connectivity index (χ3v) is 5.46. The van der Waals surface area contributed by atoms with E-state index in [2.05, 4.69) is 34.6 Å². The van der Waals surface area contributed by atoms with Crippen molar-refractivity contribution in [1.29, 1.82) is 0 Å². The van der Waals surface area contributed by atoms with Gasteiger partial charge < -0.3 is 4.98 Å². The first-order valence-corrected chi connectivity index (χ1v) is 11.5. The molecule has 0 amide bonds. The van der Waals surface area contributed by atoms with E-state index in [1.54, 1.807) is 6.20 Å². The number of aromatic nitrogens is 4. The normalized spacial score (nSPS) is 12.3. The number of hydrogen-bond donors (Lipinski definition) is 3. The number of nitrogens with zero attached hydrogens (tertiary/aromatic N) is 3. The highest BCUT2D eigenvalue weighted by Gasteiger charge is 2.17. The Labute approximate surface area is 189 Å². The monoisotopic (exact) mass is 447 g/mol. The molecule has 0 aliphatic heterocycles. The minimum Gasteiger partial charge on any atom is -0.340 e. The zero-order valence-electron chi connectivity index (χ0n) is 18.2. The number of aromatic amines is 1. The Morgan fingerprint density at radius 2 is 1.81 bits per heavy atom. The van der Waals surface area contributed by atoms with Crippen LogP contribution in [0.15, 0.2) is 60.8 Å². The van der Waals surface area contributed by atoms with Gasteiger partial charge in [-0.25, -0.2) is 13.9 Å². The van der Waals surface area contributed by atoms with Crippen LogP contribution in [0.1, 0.15) is 36.8 Å². The first-order chi connectivity index (χ1) is 15.4. The standard InChI is InChI=1S/C24H25N5O2S/c1-15(2)24-28-22(23(29-24)21-9-4-6-16(3)27-21)19-8-5-7-18(12-19)20-11-10-17(13-25-20)14-26-32(30)31/h4-13,15,26H,14H2,1-3H3,(H,28,29)(H,30,31). The summed E-state index contributed by atoms with van der Waals surface area (Å²) in [6.45, 7) is 6.47. The summed E-state index contributed by atoms with van der Waals surface area (Å²) in [5.74, 6) is 1.17. The second-order valence-corrected chi connectivity index (χ2v) is 8.65. The van der Waals surface area contributed by atoms with Gasteiger partial charge in [-0.2, -0.15) is 0 Å². The van der Waals surface area contributed by atoms with E-state index in [0.717, 1.165) is 51.0 Å². The molecule has 0 saturated heterocycles. The molecule has 0 fully saturated rings. The zero-order valence-corrected chi connectivity index (χ0v) is 19.0. The van der Waals surface area contributed by atoms with Gasteiger partial charge in [0.15, 0.2) is 0 Å². The molecule has 0 aliphatic rings. The number of H-pyrrole nitrogens is 1. The van der Waals surface area contributed by atoms with Crippen LogP contribution >= 0.6 is 0 Å². The molecule has 4 aromatic rings. The van der Waals surface area contributed by atoms with Gasteiger partial charge in [-0.15, -0.1) is 0 Å². The molecule has 7 nitrogen and oxygen atoms in total.